The molecular formula is C21H17BrClFN2O3S. The maximum atomic E-state index is 14.1. The number of anilines is 2. The Balaban J connectivity index is 1.94. The highest BCUT2D eigenvalue weighted by Crippen LogP contribution is 2.26. The lowest BCUT2D eigenvalue weighted by atomic mass is 10.2. The van der Waals surface area contributed by atoms with Crippen molar-refractivity contribution >= 4 is 54.8 Å². The van der Waals surface area contributed by atoms with Crippen molar-refractivity contribution in [3.8, 4) is 0 Å². The van der Waals surface area contributed by atoms with E-state index in [1.807, 2.05) is 6.92 Å². The van der Waals surface area contributed by atoms with Crippen LogP contribution in [0.1, 0.15) is 5.56 Å². The minimum absolute atomic E-state index is 0.0184. The van der Waals surface area contributed by atoms with Gasteiger partial charge in [0.15, 0.2) is 0 Å². The van der Waals surface area contributed by atoms with E-state index in [1.165, 1.54) is 36.4 Å². The predicted molar refractivity (Wildman–Crippen MR) is 120 cm³/mol. The molecule has 0 atom stereocenters. The van der Waals surface area contributed by atoms with Gasteiger partial charge in [-0.1, -0.05) is 45.2 Å². The summed E-state index contributed by atoms with van der Waals surface area (Å²) >= 11 is 9.01. The van der Waals surface area contributed by atoms with E-state index in [4.69, 9.17) is 11.6 Å². The van der Waals surface area contributed by atoms with E-state index in [-0.39, 0.29) is 10.6 Å². The van der Waals surface area contributed by atoms with Crippen LogP contribution in [0.5, 0.6) is 0 Å². The summed E-state index contributed by atoms with van der Waals surface area (Å²) in [5, 5.41) is 2.81. The summed E-state index contributed by atoms with van der Waals surface area (Å²) < 4.78 is 42.1. The summed E-state index contributed by atoms with van der Waals surface area (Å²) in [4.78, 5) is 12.6. The van der Waals surface area contributed by atoms with Crippen LogP contribution < -0.4 is 9.62 Å². The number of carbonyl (C=O) groups is 1. The molecule has 0 fully saturated rings. The van der Waals surface area contributed by atoms with Gasteiger partial charge < -0.3 is 5.32 Å². The number of sulfonamides is 1. The number of rotatable bonds is 6. The largest absolute Gasteiger partial charge is 0.322 e. The van der Waals surface area contributed by atoms with Crippen LogP contribution in [0.3, 0.4) is 0 Å². The summed E-state index contributed by atoms with van der Waals surface area (Å²) in [5.74, 6) is -1.32. The Labute approximate surface area is 187 Å². The number of nitrogens with zero attached hydrogens (tertiary/aromatic N) is 1. The zero-order valence-corrected chi connectivity index (χ0v) is 18.9. The summed E-state index contributed by atoms with van der Waals surface area (Å²) in [6.07, 6.45) is 0. The second kappa shape index (κ2) is 9.16. The van der Waals surface area contributed by atoms with Crippen molar-refractivity contribution < 1.29 is 17.6 Å². The third-order valence-electron chi connectivity index (χ3n) is 4.22. The van der Waals surface area contributed by atoms with E-state index < -0.39 is 28.3 Å². The van der Waals surface area contributed by atoms with Crippen LogP contribution in [0.15, 0.2) is 76.1 Å². The second-order valence-electron chi connectivity index (χ2n) is 6.47. The van der Waals surface area contributed by atoms with Crippen molar-refractivity contribution in [2.45, 2.75) is 11.8 Å². The minimum Gasteiger partial charge on any atom is -0.322 e. The number of halogens is 3. The Morgan fingerprint density at radius 1 is 1.07 bits per heavy atom. The normalized spacial score (nSPS) is 11.2. The van der Waals surface area contributed by atoms with Gasteiger partial charge in [0, 0.05) is 9.50 Å². The summed E-state index contributed by atoms with van der Waals surface area (Å²) in [6, 6.07) is 16.5. The van der Waals surface area contributed by atoms with Gasteiger partial charge in [-0.3, -0.25) is 9.10 Å². The molecular weight excluding hydrogens is 495 g/mol. The fourth-order valence-corrected chi connectivity index (χ4v) is 4.55. The van der Waals surface area contributed by atoms with Gasteiger partial charge >= 0.3 is 0 Å². The molecule has 0 aromatic heterocycles. The molecule has 3 aromatic carbocycles. The lowest BCUT2D eigenvalue weighted by Gasteiger charge is -2.24. The highest BCUT2D eigenvalue weighted by molar-refractivity contribution is 9.10. The second-order valence-corrected chi connectivity index (χ2v) is 9.69. The Kier molecular flexibility index (Phi) is 6.80. The molecule has 156 valence electrons. The standard InChI is InChI=1S/C21H17BrClFN2O3S/c1-14-2-7-17(8-3-14)26(30(28,29)18-9-5-16(23)6-10-18)13-21(27)25-20-11-4-15(22)12-19(20)24/h2-12H,13H2,1H3,(H,25,27). The zero-order chi connectivity index (χ0) is 21.9. The first-order valence-corrected chi connectivity index (χ1v) is 11.4. The minimum atomic E-state index is -4.08. The summed E-state index contributed by atoms with van der Waals surface area (Å²) in [7, 11) is -4.08. The molecule has 30 heavy (non-hydrogen) atoms. The third-order valence-corrected chi connectivity index (χ3v) is 6.75. The van der Waals surface area contributed by atoms with Crippen molar-refractivity contribution in [2.75, 3.05) is 16.2 Å². The van der Waals surface area contributed by atoms with E-state index in [1.54, 1.807) is 30.3 Å². The monoisotopic (exact) mass is 510 g/mol. The molecule has 0 heterocycles. The molecule has 0 saturated carbocycles. The molecule has 5 nitrogen and oxygen atoms in total. The summed E-state index contributed by atoms with van der Waals surface area (Å²) in [5.41, 5.74) is 1.20. The molecule has 1 amide bonds. The van der Waals surface area contributed by atoms with Gasteiger partial charge in [0.05, 0.1) is 16.3 Å². The van der Waals surface area contributed by atoms with E-state index in [0.717, 1.165) is 9.87 Å². The van der Waals surface area contributed by atoms with Crippen LogP contribution in [-0.2, 0) is 14.8 Å². The molecule has 0 saturated heterocycles. The molecule has 0 radical (unpaired) electrons. The van der Waals surface area contributed by atoms with Crippen LogP contribution in [0, 0.1) is 12.7 Å². The molecule has 3 aromatic rings. The van der Waals surface area contributed by atoms with Gasteiger partial charge in [0.1, 0.15) is 12.4 Å². The van der Waals surface area contributed by atoms with Crippen molar-refractivity contribution in [2.24, 2.45) is 0 Å². The molecule has 0 bridgehead atoms. The van der Waals surface area contributed by atoms with Gasteiger partial charge in [0.25, 0.3) is 10.0 Å². The molecule has 0 aliphatic rings. The number of hydrogen-bond acceptors (Lipinski definition) is 3. The van der Waals surface area contributed by atoms with Crippen LogP contribution in [-0.4, -0.2) is 20.9 Å². The first kappa shape index (κ1) is 22.3. The Bertz CT molecular complexity index is 1170. The van der Waals surface area contributed by atoms with Crippen molar-refractivity contribution in [1.82, 2.24) is 0 Å². The van der Waals surface area contributed by atoms with Crippen molar-refractivity contribution in [3.05, 3.63) is 87.6 Å². The van der Waals surface area contributed by atoms with E-state index in [0.29, 0.717) is 15.2 Å². The molecule has 1 N–H and O–H groups in total. The fourth-order valence-electron chi connectivity index (χ4n) is 2.67. The Morgan fingerprint density at radius 3 is 2.30 bits per heavy atom. The molecule has 0 spiro atoms. The number of benzene rings is 3. The number of carbonyl (C=O) groups excluding carboxylic acids is 1. The lowest BCUT2D eigenvalue weighted by molar-refractivity contribution is -0.114. The number of aryl methyl sites for hydroxylation is 1. The molecule has 3 rings (SSSR count). The Hall–Kier alpha value is -2.42. The van der Waals surface area contributed by atoms with Crippen LogP contribution in [0.2, 0.25) is 5.02 Å². The van der Waals surface area contributed by atoms with Gasteiger partial charge in [-0.15, -0.1) is 0 Å². The average molecular weight is 512 g/mol. The van der Waals surface area contributed by atoms with Gasteiger partial charge in [-0.2, -0.15) is 0 Å². The number of nitrogens with one attached hydrogen (secondary N) is 1. The number of hydrogen-bond donors (Lipinski definition) is 1. The van der Waals surface area contributed by atoms with Crippen LogP contribution in [0.25, 0.3) is 0 Å². The van der Waals surface area contributed by atoms with E-state index in [2.05, 4.69) is 21.2 Å². The van der Waals surface area contributed by atoms with Gasteiger partial charge in [0.2, 0.25) is 5.91 Å². The first-order chi connectivity index (χ1) is 14.2. The first-order valence-electron chi connectivity index (χ1n) is 8.77. The van der Waals surface area contributed by atoms with Gasteiger partial charge in [-0.05, 0) is 61.5 Å². The maximum Gasteiger partial charge on any atom is 0.264 e. The molecule has 0 aliphatic heterocycles. The number of amides is 1. The maximum absolute atomic E-state index is 14.1. The molecule has 0 aliphatic carbocycles. The fraction of sp³-hybridized carbons (Fsp3) is 0.0952. The third kappa shape index (κ3) is 5.19. The predicted octanol–water partition coefficient (Wildman–Crippen LogP) is 5.38. The van der Waals surface area contributed by atoms with E-state index in [9.17, 15) is 17.6 Å². The average Bonchev–Trinajstić information content (AvgIpc) is 2.69. The highest BCUT2D eigenvalue weighted by atomic mass is 79.9. The highest BCUT2D eigenvalue weighted by Gasteiger charge is 2.27. The quantitative estimate of drug-likeness (QED) is 0.483. The van der Waals surface area contributed by atoms with E-state index >= 15 is 0 Å². The summed E-state index contributed by atoms with van der Waals surface area (Å²) in [6.45, 7) is 1.33. The molecule has 0 unspecified atom stereocenters. The molecule has 9 heteroatoms. The van der Waals surface area contributed by atoms with Crippen molar-refractivity contribution in [1.29, 1.82) is 0 Å². The van der Waals surface area contributed by atoms with Gasteiger partial charge in [-0.25, -0.2) is 12.8 Å². The van der Waals surface area contributed by atoms with Crippen LogP contribution >= 0.6 is 27.5 Å². The lowest BCUT2D eigenvalue weighted by Crippen LogP contribution is -2.38. The zero-order valence-electron chi connectivity index (χ0n) is 15.8. The van der Waals surface area contributed by atoms with Crippen LogP contribution in [0.4, 0.5) is 15.8 Å². The smallest absolute Gasteiger partial charge is 0.264 e. The topological polar surface area (TPSA) is 66.5 Å². The Morgan fingerprint density at radius 2 is 1.70 bits per heavy atom. The SMILES string of the molecule is Cc1ccc(N(CC(=O)Nc2ccc(Br)cc2F)S(=O)(=O)c2ccc(Cl)cc2)cc1. The van der Waals surface area contributed by atoms with Crippen molar-refractivity contribution in [3.63, 3.8) is 0 Å².